The zero-order chi connectivity index (χ0) is 14.0. The van der Waals surface area contributed by atoms with Crippen LogP contribution in [0.2, 0.25) is 0 Å². The molecule has 0 unspecified atom stereocenters. The molecule has 0 aliphatic carbocycles. The lowest BCUT2D eigenvalue weighted by Gasteiger charge is -2.09. The van der Waals surface area contributed by atoms with Crippen LogP contribution in [0.15, 0.2) is 41.3 Å². The van der Waals surface area contributed by atoms with E-state index in [0.717, 1.165) is 14.8 Å². The van der Waals surface area contributed by atoms with Crippen molar-refractivity contribution < 1.29 is 4.79 Å². The fraction of sp³-hybridized carbons (Fsp3) is 0.143. The second kappa shape index (κ2) is 5.56. The molecule has 1 N–H and O–H groups in total. The first-order valence-corrected chi connectivity index (χ1v) is 6.79. The van der Waals surface area contributed by atoms with Crippen molar-refractivity contribution >= 4 is 34.2 Å². The fourth-order valence-corrected chi connectivity index (χ4v) is 2.30. The van der Waals surface area contributed by atoms with E-state index in [9.17, 15) is 9.59 Å². The molecule has 1 aromatic carbocycles. The van der Waals surface area contributed by atoms with Crippen LogP contribution in [0.3, 0.4) is 0 Å². The van der Waals surface area contributed by atoms with E-state index in [-0.39, 0.29) is 11.5 Å². The van der Waals surface area contributed by atoms with E-state index in [0.29, 0.717) is 5.56 Å². The standard InChI is InChI=1S/C14H13IN2O2/c1-9-7-11(15)3-4-12(9)16-14(19)10-5-6-17(2)13(18)8-10/h3-8H,1-2H3,(H,16,19). The fourth-order valence-electron chi connectivity index (χ4n) is 1.65. The van der Waals surface area contributed by atoms with Gasteiger partial charge in [-0.15, -0.1) is 0 Å². The number of carbonyl (C=O) groups is 1. The summed E-state index contributed by atoms with van der Waals surface area (Å²) >= 11 is 2.22. The van der Waals surface area contributed by atoms with Gasteiger partial charge in [-0.2, -0.15) is 0 Å². The van der Waals surface area contributed by atoms with Gasteiger partial charge in [-0.05, 0) is 59.3 Å². The number of benzene rings is 1. The number of amides is 1. The number of nitrogens with one attached hydrogen (secondary N) is 1. The average Bonchev–Trinajstić information content (AvgIpc) is 2.36. The van der Waals surface area contributed by atoms with E-state index >= 15 is 0 Å². The van der Waals surface area contributed by atoms with E-state index in [1.165, 1.54) is 10.6 Å². The number of nitrogens with zero attached hydrogens (tertiary/aromatic N) is 1. The van der Waals surface area contributed by atoms with Gasteiger partial charge in [0.1, 0.15) is 0 Å². The molecule has 0 fully saturated rings. The zero-order valence-electron chi connectivity index (χ0n) is 10.6. The highest BCUT2D eigenvalue weighted by atomic mass is 127. The summed E-state index contributed by atoms with van der Waals surface area (Å²) in [4.78, 5) is 23.5. The second-order valence-electron chi connectivity index (χ2n) is 4.28. The van der Waals surface area contributed by atoms with E-state index in [1.54, 1.807) is 19.3 Å². The summed E-state index contributed by atoms with van der Waals surface area (Å²) in [6.45, 7) is 1.93. The molecule has 0 atom stereocenters. The van der Waals surface area contributed by atoms with Crippen LogP contribution in [0.25, 0.3) is 0 Å². The Morgan fingerprint density at radius 1 is 1.26 bits per heavy atom. The second-order valence-corrected chi connectivity index (χ2v) is 5.52. The molecular formula is C14H13IN2O2. The number of rotatable bonds is 2. The van der Waals surface area contributed by atoms with Crippen LogP contribution in [0.4, 0.5) is 5.69 Å². The summed E-state index contributed by atoms with van der Waals surface area (Å²) in [5.41, 5.74) is 1.91. The van der Waals surface area contributed by atoms with Crippen LogP contribution in [-0.2, 0) is 7.05 Å². The lowest BCUT2D eigenvalue weighted by molar-refractivity contribution is 0.102. The van der Waals surface area contributed by atoms with E-state index in [4.69, 9.17) is 0 Å². The molecule has 98 valence electrons. The molecule has 0 saturated heterocycles. The Balaban J connectivity index is 2.25. The van der Waals surface area contributed by atoms with E-state index in [2.05, 4.69) is 27.9 Å². The van der Waals surface area contributed by atoms with Gasteiger partial charge in [0.05, 0.1) is 0 Å². The third kappa shape index (κ3) is 3.23. The first-order chi connectivity index (χ1) is 8.97. The molecule has 0 bridgehead atoms. The lowest BCUT2D eigenvalue weighted by Crippen LogP contribution is -2.20. The molecule has 19 heavy (non-hydrogen) atoms. The quantitative estimate of drug-likeness (QED) is 0.829. The summed E-state index contributed by atoms with van der Waals surface area (Å²) < 4.78 is 2.54. The van der Waals surface area contributed by atoms with Crippen LogP contribution >= 0.6 is 22.6 Å². The lowest BCUT2D eigenvalue weighted by atomic mass is 10.2. The molecule has 5 heteroatoms. The van der Waals surface area contributed by atoms with E-state index in [1.807, 2.05) is 25.1 Å². The molecule has 0 spiro atoms. The van der Waals surface area contributed by atoms with Crippen LogP contribution in [0, 0.1) is 10.5 Å². The molecule has 0 aliphatic rings. The minimum absolute atomic E-state index is 0.202. The minimum atomic E-state index is -0.276. The van der Waals surface area contributed by atoms with Crippen LogP contribution in [0.1, 0.15) is 15.9 Å². The molecule has 0 radical (unpaired) electrons. The van der Waals surface area contributed by atoms with E-state index < -0.39 is 0 Å². The van der Waals surface area contributed by atoms with Crippen molar-refractivity contribution in [2.45, 2.75) is 6.92 Å². The van der Waals surface area contributed by atoms with Gasteiger partial charge in [-0.25, -0.2) is 0 Å². The number of aromatic nitrogens is 1. The predicted molar refractivity (Wildman–Crippen MR) is 83.5 cm³/mol. The zero-order valence-corrected chi connectivity index (χ0v) is 12.8. The van der Waals surface area contributed by atoms with Gasteiger partial charge in [-0.3, -0.25) is 9.59 Å². The number of hydrogen-bond acceptors (Lipinski definition) is 2. The molecular weight excluding hydrogens is 355 g/mol. The van der Waals surface area contributed by atoms with Crippen LogP contribution < -0.4 is 10.9 Å². The highest BCUT2D eigenvalue weighted by molar-refractivity contribution is 14.1. The van der Waals surface area contributed by atoms with Gasteiger partial charge in [0.15, 0.2) is 0 Å². The normalized spacial score (nSPS) is 10.3. The Hall–Kier alpha value is -1.63. The summed E-state index contributed by atoms with van der Waals surface area (Å²) in [7, 11) is 1.65. The van der Waals surface area contributed by atoms with Crippen molar-refractivity contribution in [3.8, 4) is 0 Å². The Morgan fingerprint density at radius 2 is 2.00 bits per heavy atom. The van der Waals surface area contributed by atoms with Crippen molar-refractivity contribution in [2.24, 2.45) is 7.05 Å². The van der Waals surface area contributed by atoms with Crippen molar-refractivity contribution in [3.05, 3.63) is 61.6 Å². The molecule has 2 rings (SSSR count). The van der Waals surface area contributed by atoms with Gasteiger partial charge in [0, 0.05) is 34.1 Å². The predicted octanol–water partition coefficient (Wildman–Crippen LogP) is 2.55. The number of anilines is 1. The Labute approximate surface area is 124 Å². The van der Waals surface area contributed by atoms with Crippen LogP contribution in [-0.4, -0.2) is 10.5 Å². The third-order valence-corrected chi connectivity index (χ3v) is 3.47. The number of hydrogen-bond donors (Lipinski definition) is 1. The number of carbonyl (C=O) groups excluding carboxylic acids is 1. The summed E-state index contributed by atoms with van der Waals surface area (Å²) in [5.74, 6) is -0.276. The molecule has 0 saturated carbocycles. The van der Waals surface area contributed by atoms with Crippen LogP contribution in [0.5, 0.6) is 0 Å². The Morgan fingerprint density at radius 3 is 2.63 bits per heavy atom. The highest BCUT2D eigenvalue weighted by Crippen LogP contribution is 2.18. The first-order valence-electron chi connectivity index (χ1n) is 5.71. The summed E-state index contributed by atoms with van der Waals surface area (Å²) in [6.07, 6.45) is 1.58. The summed E-state index contributed by atoms with van der Waals surface area (Å²) in [6, 6.07) is 8.72. The molecule has 2 aromatic rings. The maximum atomic E-state index is 12.1. The average molecular weight is 368 g/mol. The number of halogens is 1. The largest absolute Gasteiger partial charge is 0.322 e. The topological polar surface area (TPSA) is 51.1 Å². The molecule has 4 nitrogen and oxygen atoms in total. The molecule has 1 amide bonds. The van der Waals surface area contributed by atoms with Crippen molar-refractivity contribution in [2.75, 3.05) is 5.32 Å². The maximum absolute atomic E-state index is 12.1. The Kier molecular flexibility index (Phi) is 4.04. The van der Waals surface area contributed by atoms with Gasteiger partial charge in [0.25, 0.3) is 11.5 Å². The minimum Gasteiger partial charge on any atom is -0.322 e. The van der Waals surface area contributed by atoms with Crippen molar-refractivity contribution in [1.29, 1.82) is 0 Å². The highest BCUT2D eigenvalue weighted by Gasteiger charge is 2.08. The monoisotopic (exact) mass is 368 g/mol. The summed E-state index contributed by atoms with van der Waals surface area (Å²) in [5, 5.41) is 2.81. The van der Waals surface area contributed by atoms with Gasteiger partial charge < -0.3 is 9.88 Å². The molecule has 1 aromatic heterocycles. The van der Waals surface area contributed by atoms with Gasteiger partial charge >= 0.3 is 0 Å². The number of aryl methyl sites for hydroxylation is 2. The number of pyridine rings is 1. The first kappa shape index (κ1) is 13.8. The Bertz CT molecular complexity index is 692. The van der Waals surface area contributed by atoms with Gasteiger partial charge in [-0.1, -0.05) is 0 Å². The third-order valence-electron chi connectivity index (χ3n) is 2.80. The maximum Gasteiger partial charge on any atom is 0.255 e. The SMILES string of the molecule is Cc1cc(I)ccc1NC(=O)c1ccn(C)c(=O)c1. The smallest absolute Gasteiger partial charge is 0.255 e. The molecule has 0 aliphatic heterocycles. The molecule has 1 heterocycles. The van der Waals surface area contributed by atoms with Crippen molar-refractivity contribution in [3.63, 3.8) is 0 Å². The van der Waals surface area contributed by atoms with Crippen molar-refractivity contribution in [1.82, 2.24) is 4.57 Å². The van der Waals surface area contributed by atoms with Gasteiger partial charge in [0.2, 0.25) is 0 Å².